The zero-order chi connectivity index (χ0) is 32.1. The topological polar surface area (TPSA) is 94.1 Å². The van der Waals surface area contributed by atoms with Gasteiger partial charge in [0.2, 0.25) is 6.55 Å². The maximum absolute atomic E-state index is 9.58. The van der Waals surface area contributed by atoms with Crippen molar-refractivity contribution in [1.82, 2.24) is 0 Å². The normalized spacial score (nSPS) is 17.4. The van der Waals surface area contributed by atoms with Crippen molar-refractivity contribution in [3.05, 3.63) is 0 Å². The minimum absolute atomic E-state index is 0. The lowest BCUT2D eigenvalue weighted by Gasteiger charge is -2.51. The molecule has 42 heavy (non-hydrogen) atoms. The van der Waals surface area contributed by atoms with Gasteiger partial charge in [-0.3, -0.25) is 0 Å². The molecule has 0 amide bonds. The summed E-state index contributed by atoms with van der Waals surface area (Å²) in [6, 6.07) is 0. The van der Waals surface area contributed by atoms with E-state index >= 15 is 0 Å². The van der Waals surface area contributed by atoms with Gasteiger partial charge in [0, 0.05) is 40.6 Å². The van der Waals surface area contributed by atoms with E-state index in [2.05, 4.69) is 69.1 Å². The highest BCUT2D eigenvalue weighted by atomic mass is 16.7. The molecule has 0 saturated carbocycles. The fourth-order valence-electron chi connectivity index (χ4n) is 3.82. The number of hydrogen-bond acceptors (Lipinski definition) is 9. The third-order valence-corrected chi connectivity index (χ3v) is 7.14. The van der Waals surface area contributed by atoms with Crippen LogP contribution in [0.25, 0.3) is 0 Å². The second kappa shape index (κ2) is 20.8. The van der Waals surface area contributed by atoms with Crippen LogP contribution in [-0.2, 0) is 37.2 Å². The molecule has 1 N–H and O–H groups in total. The van der Waals surface area contributed by atoms with E-state index in [1.54, 1.807) is 14.2 Å². The van der Waals surface area contributed by atoms with E-state index in [9.17, 15) is 5.02 Å². The molecular formula is C29H72B4O9-2. The molecule has 0 bridgehead atoms. The van der Waals surface area contributed by atoms with Crippen molar-refractivity contribution in [2.75, 3.05) is 54.9 Å². The summed E-state index contributed by atoms with van der Waals surface area (Å²) in [5.74, 6) is 0. The van der Waals surface area contributed by atoms with Gasteiger partial charge in [0.25, 0.3) is 0 Å². The molecule has 0 aromatic carbocycles. The standard InChI is InChI=1S/C8H18BO2.C7H15BO2.C6H16BO3.C6H15BO2.2CH4/c1-8(2,3)9(4)10-6-5-7-11-9;1-7(2,3)8-9-5-4-6-10-8;1-6(2,3)7(8,9-4)10-5;1-6(2,3)7(8-4)9-5;;/h5-7H2,1-4H3;4-6H2,1-3H3;8H,1-5H3;1-5H3;2*1H4/q-1;;-1;;;. The Morgan fingerprint density at radius 1 is 0.690 bits per heavy atom. The molecule has 2 fully saturated rings. The highest BCUT2D eigenvalue weighted by Crippen LogP contribution is 2.39. The molecule has 9 nitrogen and oxygen atoms in total. The molecular weight excluding hydrogens is 536 g/mol. The Morgan fingerprint density at radius 3 is 1.19 bits per heavy atom. The minimum atomic E-state index is -2.12. The van der Waals surface area contributed by atoms with Gasteiger partial charge in [-0.1, -0.05) is 103 Å². The highest BCUT2D eigenvalue weighted by Gasteiger charge is 2.37. The third-order valence-electron chi connectivity index (χ3n) is 7.14. The van der Waals surface area contributed by atoms with Crippen LogP contribution < -0.4 is 0 Å². The summed E-state index contributed by atoms with van der Waals surface area (Å²) in [6.45, 7) is 27.0. The van der Waals surface area contributed by atoms with Gasteiger partial charge >= 0.3 is 21.0 Å². The third kappa shape index (κ3) is 18.0. The molecule has 0 radical (unpaired) electrons. The van der Waals surface area contributed by atoms with E-state index in [0.717, 1.165) is 39.3 Å². The summed E-state index contributed by atoms with van der Waals surface area (Å²) in [6.07, 6.45) is 2.07. The molecule has 2 heterocycles. The van der Waals surface area contributed by atoms with Crippen molar-refractivity contribution in [3.8, 4) is 0 Å². The van der Waals surface area contributed by atoms with Crippen molar-refractivity contribution in [3.63, 3.8) is 0 Å². The first-order valence-corrected chi connectivity index (χ1v) is 14.7. The van der Waals surface area contributed by atoms with Crippen LogP contribution in [0.4, 0.5) is 0 Å². The monoisotopic (exact) mass is 609 g/mol. The van der Waals surface area contributed by atoms with Crippen LogP contribution in [0.2, 0.25) is 28.1 Å². The van der Waals surface area contributed by atoms with E-state index in [0.29, 0.717) is 0 Å². The number of rotatable bonds is 4. The molecule has 2 saturated heterocycles. The Kier molecular flexibility index (Phi) is 24.2. The molecule has 0 spiro atoms. The molecule has 256 valence electrons. The first-order chi connectivity index (χ1) is 18.0. The Hall–Kier alpha value is -0.100. The lowest BCUT2D eigenvalue weighted by Crippen LogP contribution is -2.50. The summed E-state index contributed by atoms with van der Waals surface area (Å²) in [4.78, 5) is 0. The predicted octanol–water partition coefficient (Wildman–Crippen LogP) is 7.86. The van der Waals surface area contributed by atoms with E-state index in [1.807, 2.05) is 20.8 Å². The van der Waals surface area contributed by atoms with E-state index in [-0.39, 0.29) is 50.3 Å². The first kappa shape index (κ1) is 48.8. The van der Waals surface area contributed by atoms with Gasteiger partial charge in [-0.2, -0.15) is 0 Å². The molecule has 0 atom stereocenters. The van der Waals surface area contributed by atoms with Crippen molar-refractivity contribution in [1.29, 1.82) is 0 Å². The largest absolute Gasteiger partial charge is 0.568 e. The van der Waals surface area contributed by atoms with Crippen LogP contribution >= 0.6 is 0 Å². The Labute approximate surface area is 263 Å². The van der Waals surface area contributed by atoms with Crippen LogP contribution in [0.1, 0.15) is 111 Å². The van der Waals surface area contributed by atoms with E-state index in [1.165, 1.54) is 14.2 Å². The van der Waals surface area contributed by atoms with Gasteiger partial charge in [-0.05, 0) is 37.7 Å². The van der Waals surface area contributed by atoms with Gasteiger partial charge in [-0.15, -0.1) is 12.1 Å². The van der Waals surface area contributed by atoms with E-state index in [4.69, 9.17) is 37.2 Å². The predicted molar refractivity (Wildman–Crippen MR) is 184 cm³/mol. The molecule has 0 aromatic heterocycles. The average Bonchev–Trinajstić information content (AvgIpc) is 2.84. The Bertz CT molecular complexity index is 637. The highest BCUT2D eigenvalue weighted by molar-refractivity contribution is 6.69. The van der Waals surface area contributed by atoms with Gasteiger partial charge in [0.05, 0.1) is 0 Å². The maximum Gasteiger partial charge on any atom is 0.462 e. The van der Waals surface area contributed by atoms with Crippen LogP contribution in [0.3, 0.4) is 0 Å². The zero-order valence-corrected chi connectivity index (χ0v) is 29.3. The molecule has 2 rings (SSSR count). The van der Waals surface area contributed by atoms with Gasteiger partial charge in [0.15, 0.2) is 0 Å². The summed E-state index contributed by atoms with van der Waals surface area (Å²) in [5, 5.41) is 9.54. The average molecular weight is 608 g/mol. The van der Waals surface area contributed by atoms with Gasteiger partial charge < -0.3 is 42.3 Å². The summed E-state index contributed by atoms with van der Waals surface area (Å²) < 4.78 is 42.0. The number of hydrogen-bond donors (Lipinski definition) is 1. The van der Waals surface area contributed by atoms with Crippen molar-refractivity contribution >= 4 is 27.5 Å². The molecule has 0 unspecified atom stereocenters. The smallest absolute Gasteiger partial charge is 0.462 e. The van der Waals surface area contributed by atoms with Crippen LogP contribution in [0, 0.1) is 0 Å². The summed E-state index contributed by atoms with van der Waals surface area (Å²) in [7, 11) is 6.08. The van der Waals surface area contributed by atoms with Gasteiger partial charge in [0.1, 0.15) is 0 Å². The molecule has 13 heteroatoms. The first-order valence-electron chi connectivity index (χ1n) is 14.7. The lowest BCUT2D eigenvalue weighted by molar-refractivity contribution is 0.0972. The fourth-order valence-corrected chi connectivity index (χ4v) is 3.82. The van der Waals surface area contributed by atoms with Crippen molar-refractivity contribution in [2.24, 2.45) is 0 Å². The quantitative estimate of drug-likeness (QED) is 0.320. The SMILES string of the molecule is C.C.CC(C)(C)B1OCCCO1.COB(OC)C(C)(C)C.CO[B-](O)(OC)C(C)(C)C.C[B-]1(C(C)(C)C)OCCCO1. The van der Waals surface area contributed by atoms with Crippen LogP contribution in [-0.4, -0.2) is 87.4 Å². The molecule has 0 aliphatic carbocycles. The zero-order valence-electron chi connectivity index (χ0n) is 29.3. The molecule has 2 aliphatic rings. The van der Waals surface area contributed by atoms with Crippen LogP contribution in [0.15, 0.2) is 0 Å². The van der Waals surface area contributed by atoms with Crippen LogP contribution in [0.5, 0.6) is 0 Å². The summed E-state index contributed by atoms with van der Waals surface area (Å²) in [5.41, 5.74) is 0. The lowest BCUT2D eigenvalue weighted by atomic mass is 9.41. The molecule has 2 aliphatic heterocycles. The second-order valence-electron chi connectivity index (χ2n) is 15.0. The second-order valence-corrected chi connectivity index (χ2v) is 15.0. The maximum atomic E-state index is 9.58. The van der Waals surface area contributed by atoms with Crippen molar-refractivity contribution in [2.45, 2.75) is 139 Å². The minimum Gasteiger partial charge on any atom is -0.568 e. The van der Waals surface area contributed by atoms with Crippen molar-refractivity contribution < 1.29 is 42.3 Å². The fraction of sp³-hybridized carbons (Fsp3) is 1.00. The Morgan fingerprint density at radius 2 is 1.05 bits per heavy atom. The Balaban J connectivity index is -0.000000226. The molecule has 0 aromatic rings. The van der Waals surface area contributed by atoms with Gasteiger partial charge in [-0.25, -0.2) is 0 Å². The van der Waals surface area contributed by atoms with E-state index < -0.39 is 13.3 Å². The summed E-state index contributed by atoms with van der Waals surface area (Å²) >= 11 is 0.